The molecule has 1 aromatic heterocycles. The average molecular weight is 291 g/mol. The lowest BCUT2D eigenvalue weighted by molar-refractivity contribution is 0.0954. The molecule has 1 fully saturated rings. The zero-order valence-corrected chi connectivity index (χ0v) is 14.2. The lowest BCUT2D eigenvalue weighted by Gasteiger charge is -2.32. The number of hydrogen-bond donors (Lipinski definition) is 1. The van der Waals surface area contributed by atoms with Crippen molar-refractivity contribution in [3.05, 3.63) is 11.4 Å². The first-order valence-corrected chi connectivity index (χ1v) is 7.98. The largest absolute Gasteiger partial charge is 0.474 e. The van der Waals surface area contributed by atoms with E-state index < -0.39 is 0 Å². The topological polar surface area (TPSA) is 61.0 Å². The second kappa shape index (κ2) is 5.82. The molecule has 0 spiro atoms. The number of nitrogen functional groups attached to an aromatic ring is 1. The number of nitrogens with two attached hydrogens (primary N) is 1. The van der Waals surface area contributed by atoms with Crippen molar-refractivity contribution in [2.75, 3.05) is 5.73 Å². The molecule has 0 amide bonds. The molecule has 1 aliphatic rings. The van der Waals surface area contributed by atoms with Gasteiger partial charge in [0.05, 0.1) is 5.56 Å². The van der Waals surface area contributed by atoms with Crippen LogP contribution >= 0.6 is 0 Å². The minimum absolute atomic E-state index is 0.132. The van der Waals surface area contributed by atoms with Crippen LogP contribution < -0.4 is 10.5 Å². The molecule has 1 aromatic rings. The number of hydrogen-bond acceptors (Lipinski definition) is 4. The minimum atomic E-state index is -0.132. The van der Waals surface area contributed by atoms with Crippen molar-refractivity contribution >= 4 is 5.82 Å². The molecular formula is C17H29N3O. The van der Waals surface area contributed by atoms with Crippen LogP contribution in [0.25, 0.3) is 0 Å². The summed E-state index contributed by atoms with van der Waals surface area (Å²) in [7, 11) is 0. The Morgan fingerprint density at radius 1 is 1.05 bits per heavy atom. The van der Waals surface area contributed by atoms with Gasteiger partial charge in [0, 0.05) is 5.41 Å². The third-order valence-corrected chi connectivity index (χ3v) is 4.22. The van der Waals surface area contributed by atoms with E-state index in [0.29, 0.717) is 23.5 Å². The zero-order valence-electron chi connectivity index (χ0n) is 14.2. The highest BCUT2D eigenvalue weighted by molar-refractivity contribution is 5.45. The lowest BCUT2D eigenvalue weighted by atomic mass is 9.82. The number of aromatic nitrogens is 2. The quantitative estimate of drug-likeness (QED) is 0.898. The fourth-order valence-electron chi connectivity index (χ4n) is 3.09. The van der Waals surface area contributed by atoms with Gasteiger partial charge in [-0.25, -0.2) is 4.98 Å². The summed E-state index contributed by atoms with van der Waals surface area (Å²) in [5.41, 5.74) is 6.77. The Balaban J connectivity index is 2.25. The van der Waals surface area contributed by atoms with Crippen LogP contribution in [0.2, 0.25) is 0 Å². The molecule has 1 heterocycles. The summed E-state index contributed by atoms with van der Waals surface area (Å²) >= 11 is 0. The second-order valence-electron chi connectivity index (χ2n) is 7.77. The van der Waals surface area contributed by atoms with E-state index in [1.807, 2.05) is 6.92 Å². The van der Waals surface area contributed by atoms with Crippen molar-refractivity contribution in [3.8, 4) is 5.88 Å². The van der Waals surface area contributed by atoms with Crippen LogP contribution in [0.3, 0.4) is 0 Å². The fourth-order valence-corrected chi connectivity index (χ4v) is 3.09. The second-order valence-corrected chi connectivity index (χ2v) is 7.77. The van der Waals surface area contributed by atoms with Gasteiger partial charge in [0.2, 0.25) is 5.88 Å². The SMILES string of the molecule is Cc1c(N)nc(C(C)(C)C)nc1OC1CC(C)CC(C)C1. The molecule has 21 heavy (non-hydrogen) atoms. The van der Waals surface area contributed by atoms with E-state index in [9.17, 15) is 0 Å². The number of anilines is 1. The Morgan fingerprint density at radius 3 is 2.14 bits per heavy atom. The molecule has 0 bridgehead atoms. The van der Waals surface area contributed by atoms with Crippen LogP contribution in [0.4, 0.5) is 5.82 Å². The molecule has 2 N–H and O–H groups in total. The Morgan fingerprint density at radius 2 is 1.62 bits per heavy atom. The number of nitrogens with zero attached hydrogens (tertiary/aromatic N) is 2. The van der Waals surface area contributed by atoms with Crippen molar-refractivity contribution in [3.63, 3.8) is 0 Å². The maximum absolute atomic E-state index is 6.21. The van der Waals surface area contributed by atoms with Crippen LogP contribution in [-0.4, -0.2) is 16.1 Å². The van der Waals surface area contributed by atoms with Crippen molar-refractivity contribution < 1.29 is 4.74 Å². The summed E-state index contributed by atoms with van der Waals surface area (Å²) in [5, 5.41) is 0. The first kappa shape index (κ1) is 16.1. The standard InChI is InChI=1S/C17H29N3O/c1-10-7-11(2)9-13(8-10)21-15-12(3)14(18)19-16(20-15)17(4,5)6/h10-11,13H,7-9H2,1-6H3,(H2,18,19,20). The fraction of sp³-hybridized carbons (Fsp3) is 0.765. The van der Waals surface area contributed by atoms with Crippen molar-refractivity contribution in [1.82, 2.24) is 9.97 Å². The van der Waals surface area contributed by atoms with Crippen LogP contribution in [0.5, 0.6) is 5.88 Å². The van der Waals surface area contributed by atoms with E-state index in [4.69, 9.17) is 10.5 Å². The molecule has 0 radical (unpaired) electrons. The first-order valence-electron chi connectivity index (χ1n) is 7.98. The van der Waals surface area contributed by atoms with Gasteiger partial charge in [-0.15, -0.1) is 0 Å². The predicted molar refractivity (Wildman–Crippen MR) is 86.5 cm³/mol. The summed E-state index contributed by atoms with van der Waals surface area (Å²) < 4.78 is 6.21. The van der Waals surface area contributed by atoms with Crippen molar-refractivity contribution in [1.29, 1.82) is 0 Å². The smallest absolute Gasteiger partial charge is 0.222 e. The summed E-state index contributed by atoms with van der Waals surface area (Å²) in [5.74, 6) is 3.36. The molecular weight excluding hydrogens is 262 g/mol. The van der Waals surface area contributed by atoms with Gasteiger partial charge in [-0.2, -0.15) is 4.98 Å². The number of rotatable bonds is 2. The van der Waals surface area contributed by atoms with E-state index in [1.165, 1.54) is 6.42 Å². The van der Waals surface area contributed by atoms with Gasteiger partial charge in [-0.1, -0.05) is 34.6 Å². The van der Waals surface area contributed by atoms with Gasteiger partial charge < -0.3 is 10.5 Å². The minimum Gasteiger partial charge on any atom is -0.474 e. The molecule has 4 nitrogen and oxygen atoms in total. The van der Waals surface area contributed by atoms with Crippen LogP contribution in [0, 0.1) is 18.8 Å². The van der Waals surface area contributed by atoms with Crippen LogP contribution in [0.1, 0.15) is 65.3 Å². The molecule has 2 unspecified atom stereocenters. The Hall–Kier alpha value is -1.32. The van der Waals surface area contributed by atoms with E-state index in [-0.39, 0.29) is 11.5 Å². The van der Waals surface area contributed by atoms with Gasteiger partial charge in [-0.05, 0) is 38.0 Å². The maximum atomic E-state index is 6.21. The van der Waals surface area contributed by atoms with E-state index in [0.717, 1.165) is 24.2 Å². The van der Waals surface area contributed by atoms with Gasteiger partial charge in [-0.3, -0.25) is 0 Å². The van der Waals surface area contributed by atoms with Crippen molar-refractivity contribution in [2.45, 2.75) is 72.3 Å². The Bertz CT molecular complexity index is 497. The maximum Gasteiger partial charge on any atom is 0.222 e. The predicted octanol–water partition coefficient (Wildman–Crippen LogP) is 3.87. The molecule has 2 atom stereocenters. The Kier molecular flexibility index (Phi) is 4.45. The molecule has 1 aliphatic carbocycles. The molecule has 4 heteroatoms. The molecule has 118 valence electrons. The highest BCUT2D eigenvalue weighted by Crippen LogP contribution is 2.33. The molecule has 0 aromatic carbocycles. The molecule has 0 aliphatic heterocycles. The first-order chi connectivity index (χ1) is 9.66. The zero-order chi connectivity index (χ0) is 15.8. The molecule has 1 saturated carbocycles. The average Bonchev–Trinajstić information content (AvgIpc) is 2.32. The molecule has 2 rings (SSSR count). The van der Waals surface area contributed by atoms with E-state index in [2.05, 4.69) is 44.6 Å². The number of ether oxygens (including phenoxy) is 1. The third-order valence-electron chi connectivity index (χ3n) is 4.22. The summed E-state index contributed by atoms with van der Waals surface area (Å²) in [6.07, 6.45) is 3.72. The summed E-state index contributed by atoms with van der Waals surface area (Å²) in [6, 6.07) is 0. The van der Waals surface area contributed by atoms with Crippen molar-refractivity contribution in [2.24, 2.45) is 11.8 Å². The monoisotopic (exact) mass is 291 g/mol. The van der Waals surface area contributed by atoms with Crippen LogP contribution in [-0.2, 0) is 5.41 Å². The summed E-state index contributed by atoms with van der Waals surface area (Å²) in [4.78, 5) is 9.05. The van der Waals surface area contributed by atoms with E-state index >= 15 is 0 Å². The van der Waals surface area contributed by atoms with Crippen LogP contribution in [0.15, 0.2) is 0 Å². The highest BCUT2D eigenvalue weighted by Gasteiger charge is 2.27. The van der Waals surface area contributed by atoms with E-state index in [1.54, 1.807) is 0 Å². The summed E-state index contributed by atoms with van der Waals surface area (Å²) in [6.45, 7) is 12.8. The lowest BCUT2D eigenvalue weighted by Crippen LogP contribution is -2.29. The Labute approximate surface area is 128 Å². The van der Waals surface area contributed by atoms with Gasteiger partial charge >= 0.3 is 0 Å². The molecule has 0 saturated heterocycles. The van der Waals surface area contributed by atoms with Gasteiger partial charge in [0.25, 0.3) is 0 Å². The third kappa shape index (κ3) is 3.86. The van der Waals surface area contributed by atoms with Gasteiger partial charge in [0.1, 0.15) is 17.7 Å². The highest BCUT2D eigenvalue weighted by atomic mass is 16.5. The normalized spacial score (nSPS) is 26.7. The van der Waals surface area contributed by atoms with Gasteiger partial charge in [0.15, 0.2) is 0 Å².